The van der Waals surface area contributed by atoms with Crippen molar-refractivity contribution in [1.29, 1.82) is 0 Å². The van der Waals surface area contributed by atoms with Gasteiger partial charge >= 0.3 is 0 Å². The van der Waals surface area contributed by atoms with E-state index in [1.165, 1.54) is 17.9 Å². The van der Waals surface area contributed by atoms with Crippen LogP contribution in [0.25, 0.3) is 0 Å². The third kappa shape index (κ3) is 4.35. The van der Waals surface area contributed by atoms with E-state index in [0.29, 0.717) is 13.0 Å². The first-order chi connectivity index (χ1) is 14.7. The Hall–Kier alpha value is -2.36. The first-order valence-electron chi connectivity index (χ1n) is 9.70. The van der Waals surface area contributed by atoms with Crippen LogP contribution in [0.15, 0.2) is 51.0 Å². The normalized spacial score (nSPS) is 19.6. The minimum absolute atomic E-state index is 0.00344. The fourth-order valence-electron chi connectivity index (χ4n) is 3.77. The lowest BCUT2D eigenvalue weighted by Crippen LogP contribution is -2.36. The zero-order chi connectivity index (χ0) is 22.2. The Kier molecular flexibility index (Phi) is 5.85. The monoisotopic (exact) mass is 463 g/mol. The molecule has 9 heteroatoms. The summed E-state index contributed by atoms with van der Waals surface area (Å²) in [5, 5.41) is 1.31. The molecule has 1 aliphatic rings. The molecule has 31 heavy (non-hydrogen) atoms. The predicted molar refractivity (Wildman–Crippen MR) is 113 cm³/mol. The minimum atomic E-state index is -4.42. The highest BCUT2D eigenvalue weighted by Crippen LogP contribution is 2.36. The lowest BCUT2D eigenvalue weighted by atomic mass is 10.1. The molecule has 0 spiro atoms. The summed E-state index contributed by atoms with van der Waals surface area (Å²) in [5.74, 6) is -2.35. The molecule has 0 bridgehead atoms. The standard InChI is InChI=1S/C22H21F2N2O3S2/c1-15-18(12-17(23)20(19(15)24)31(27,28)21-25-9-11-30-21)29-22(2)8-10-26(14-22)13-16-6-4-3-5-7-16/h3-7,11-12H,8,10,13-14H2,1-2H3/t22-/m0/s1. The van der Waals surface area contributed by atoms with Crippen molar-refractivity contribution in [3.8, 4) is 5.75 Å². The highest BCUT2D eigenvalue weighted by Gasteiger charge is 2.38. The van der Waals surface area contributed by atoms with Gasteiger partial charge < -0.3 is 4.74 Å². The lowest BCUT2D eigenvalue weighted by molar-refractivity contribution is 0.0930. The number of hydrogen-bond donors (Lipinski definition) is 0. The fraction of sp³-hybridized carbons (Fsp3) is 0.318. The number of likely N-dealkylation sites (tertiary alicyclic amines) is 1. The van der Waals surface area contributed by atoms with Crippen LogP contribution in [0.5, 0.6) is 5.75 Å². The van der Waals surface area contributed by atoms with Gasteiger partial charge in [0, 0.05) is 43.1 Å². The highest BCUT2D eigenvalue weighted by molar-refractivity contribution is 7.93. The molecule has 1 atom stereocenters. The second-order valence-electron chi connectivity index (χ2n) is 7.87. The van der Waals surface area contributed by atoms with E-state index in [9.17, 15) is 12.8 Å². The van der Waals surface area contributed by atoms with Crippen molar-refractivity contribution in [3.63, 3.8) is 0 Å². The van der Waals surface area contributed by atoms with E-state index in [-0.39, 0.29) is 11.3 Å². The van der Waals surface area contributed by atoms with Gasteiger partial charge in [-0.05, 0) is 19.4 Å². The Bertz CT molecular complexity index is 1190. The zero-order valence-corrected chi connectivity index (χ0v) is 18.7. The Morgan fingerprint density at radius 2 is 2.03 bits per heavy atom. The number of aromatic nitrogens is 1. The van der Waals surface area contributed by atoms with Crippen LogP contribution in [-0.2, 0) is 16.4 Å². The average molecular weight is 464 g/mol. The highest BCUT2D eigenvalue weighted by atomic mass is 32.2. The summed E-state index contributed by atoms with van der Waals surface area (Å²) >= 11 is 0.754. The number of thiazole rings is 1. The van der Waals surface area contributed by atoms with Crippen LogP contribution in [0.2, 0.25) is 0 Å². The van der Waals surface area contributed by atoms with Gasteiger partial charge in [-0.25, -0.2) is 22.2 Å². The SMILES string of the molecule is Cc1c(O[C@@]2(C)CCN(Cc3ccccc3)C2)cc(F)c(S(=O)(=O)c2n[c]cs2)c1F. The van der Waals surface area contributed by atoms with Crippen molar-refractivity contribution in [1.82, 2.24) is 9.88 Å². The number of benzene rings is 2. The quantitative estimate of drug-likeness (QED) is 0.542. The molecular formula is C22H21F2N2O3S2. The molecule has 0 aliphatic carbocycles. The molecule has 0 N–H and O–H groups in total. The largest absolute Gasteiger partial charge is 0.486 e. The van der Waals surface area contributed by atoms with Gasteiger partial charge in [-0.2, -0.15) is 0 Å². The van der Waals surface area contributed by atoms with Crippen LogP contribution in [0, 0.1) is 24.8 Å². The van der Waals surface area contributed by atoms with Gasteiger partial charge in [0.25, 0.3) is 0 Å². The van der Waals surface area contributed by atoms with Crippen LogP contribution >= 0.6 is 11.3 Å². The van der Waals surface area contributed by atoms with Gasteiger partial charge in [-0.3, -0.25) is 4.90 Å². The zero-order valence-electron chi connectivity index (χ0n) is 17.1. The molecule has 0 unspecified atom stereocenters. The van der Waals surface area contributed by atoms with E-state index in [4.69, 9.17) is 4.74 Å². The minimum Gasteiger partial charge on any atom is -0.486 e. The van der Waals surface area contributed by atoms with Gasteiger partial charge in [0.1, 0.15) is 28.3 Å². The topological polar surface area (TPSA) is 59.5 Å². The Morgan fingerprint density at radius 1 is 1.29 bits per heavy atom. The van der Waals surface area contributed by atoms with Crippen molar-refractivity contribution >= 4 is 21.2 Å². The summed E-state index contributed by atoms with van der Waals surface area (Å²) < 4.78 is 60.7. The summed E-state index contributed by atoms with van der Waals surface area (Å²) in [5.41, 5.74) is 0.473. The summed E-state index contributed by atoms with van der Waals surface area (Å²) in [4.78, 5) is 4.78. The maximum atomic E-state index is 15.0. The summed E-state index contributed by atoms with van der Waals surface area (Å²) in [6.45, 7) is 5.39. The van der Waals surface area contributed by atoms with Crippen LogP contribution in [-0.4, -0.2) is 37.0 Å². The molecule has 2 heterocycles. The number of rotatable bonds is 6. The van der Waals surface area contributed by atoms with Gasteiger partial charge in [0.15, 0.2) is 5.82 Å². The van der Waals surface area contributed by atoms with Gasteiger partial charge in [0.05, 0.1) is 0 Å². The van der Waals surface area contributed by atoms with Crippen molar-refractivity contribution < 1.29 is 21.9 Å². The number of nitrogens with zero attached hydrogens (tertiary/aromatic N) is 2. The van der Waals surface area contributed by atoms with E-state index in [1.54, 1.807) is 0 Å². The maximum absolute atomic E-state index is 15.0. The summed E-state index contributed by atoms with van der Waals surface area (Å²) in [6, 6.07) is 11.0. The van der Waals surface area contributed by atoms with Gasteiger partial charge in [-0.15, -0.1) is 11.3 Å². The molecular weight excluding hydrogens is 442 g/mol. The molecule has 1 saturated heterocycles. The second-order valence-corrected chi connectivity index (χ2v) is 10.8. The van der Waals surface area contributed by atoms with Gasteiger partial charge in [-0.1, -0.05) is 30.3 Å². The van der Waals surface area contributed by atoms with Crippen molar-refractivity contribution in [3.05, 3.63) is 70.7 Å². The van der Waals surface area contributed by atoms with Crippen LogP contribution in [0.1, 0.15) is 24.5 Å². The molecule has 1 radical (unpaired) electrons. The van der Waals surface area contributed by atoms with Crippen LogP contribution < -0.4 is 4.74 Å². The summed E-state index contributed by atoms with van der Waals surface area (Å²) in [6.07, 6.45) is 3.04. The first kappa shape index (κ1) is 21.9. The average Bonchev–Trinajstić information content (AvgIpc) is 3.37. The Morgan fingerprint density at radius 3 is 2.71 bits per heavy atom. The predicted octanol–water partition coefficient (Wildman–Crippen LogP) is 4.41. The van der Waals surface area contributed by atoms with Crippen LogP contribution in [0.4, 0.5) is 8.78 Å². The van der Waals surface area contributed by atoms with E-state index in [2.05, 4.69) is 16.1 Å². The number of halogens is 2. The molecule has 1 aliphatic heterocycles. The van der Waals surface area contributed by atoms with E-state index in [0.717, 1.165) is 30.5 Å². The number of ether oxygens (including phenoxy) is 1. The molecule has 5 nitrogen and oxygen atoms in total. The van der Waals surface area contributed by atoms with E-state index < -0.39 is 36.3 Å². The third-order valence-corrected chi connectivity index (χ3v) is 8.29. The van der Waals surface area contributed by atoms with E-state index >= 15 is 4.39 Å². The molecule has 0 saturated carbocycles. The molecule has 2 aromatic carbocycles. The molecule has 163 valence electrons. The van der Waals surface area contributed by atoms with Crippen molar-refractivity contribution in [2.75, 3.05) is 13.1 Å². The lowest BCUT2D eigenvalue weighted by Gasteiger charge is -2.28. The maximum Gasteiger partial charge on any atom is 0.239 e. The molecule has 3 aromatic rings. The number of hydrogen-bond acceptors (Lipinski definition) is 6. The van der Waals surface area contributed by atoms with Gasteiger partial charge in [0.2, 0.25) is 14.2 Å². The van der Waals surface area contributed by atoms with Crippen molar-refractivity contribution in [2.45, 2.75) is 41.6 Å². The third-order valence-electron chi connectivity index (χ3n) is 5.36. The first-order valence-corrected chi connectivity index (χ1v) is 12.1. The van der Waals surface area contributed by atoms with Crippen molar-refractivity contribution in [2.24, 2.45) is 0 Å². The molecule has 1 fully saturated rings. The Balaban J connectivity index is 1.57. The second kappa shape index (κ2) is 8.29. The number of sulfone groups is 1. The summed E-state index contributed by atoms with van der Waals surface area (Å²) in [7, 11) is -4.42. The molecule has 4 rings (SSSR count). The van der Waals surface area contributed by atoms with E-state index in [1.807, 2.05) is 37.3 Å². The Labute approximate surface area is 184 Å². The fourth-order valence-corrected chi connectivity index (χ4v) is 6.03. The molecule has 0 amide bonds. The smallest absolute Gasteiger partial charge is 0.239 e. The van der Waals surface area contributed by atoms with Crippen LogP contribution in [0.3, 0.4) is 0 Å². The molecule has 1 aromatic heterocycles.